The highest BCUT2D eigenvalue weighted by Gasteiger charge is 2.37. The van der Waals surface area contributed by atoms with Crippen LogP contribution in [0.25, 0.3) is 0 Å². The Kier molecular flexibility index (Phi) is 5.99. The third-order valence-corrected chi connectivity index (χ3v) is 4.26. The van der Waals surface area contributed by atoms with Crippen molar-refractivity contribution in [1.82, 2.24) is 4.90 Å². The molecule has 1 saturated heterocycles. The predicted octanol–water partition coefficient (Wildman–Crippen LogP) is 3.33. The molecule has 0 spiro atoms. The van der Waals surface area contributed by atoms with Crippen molar-refractivity contribution in [3.8, 4) is 5.75 Å². The molecular weight excluding hydrogens is 328 g/mol. The summed E-state index contributed by atoms with van der Waals surface area (Å²) in [6.45, 7) is 7.93. The zero-order valence-electron chi connectivity index (χ0n) is 14.5. The Morgan fingerprint density at radius 1 is 1.29 bits per heavy atom. The van der Waals surface area contributed by atoms with Gasteiger partial charge in [0.2, 0.25) is 5.91 Å². The van der Waals surface area contributed by atoms with Gasteiger partial charge in [-0.15, -0.1) is 11.8 Å². The molecule has 1 N–H and O–H groups in total. The van der Waals surface area contributed by atoms with E-state index in [1.807, 2.05) is 27.7 Å². The van der Waals surface area contributed by atoms with Gasteiger partial charge >= 0.3 is 6.09 Å². The van der Waals surface area contributed by atoms with Crippen LogP contribution in [0.1, 0.15) is 27.7 Å². The lowest BCUT2D eigenvalue weighted by molar-refractivity contribution is -0.120. The number of ether oxygens (including phenoxy) is 2. The van der Waals surface area contributed by atoms with E-state index in [0.29, 0.717) is 23.9 Å². The summed E-state index contributed by atoms with van der Waals surface area (Å²) >= 11 is 1.54. The maximum atomic E-state index is 12.5. The Morgan fingerprint density at radius 2 is 1.96 bits per heavy atom. The number of hydrogen-bond acceptors (Lipinski definition) is 5. The number of carbonyl (C=O) groups is 2. The average Bonchev–Trinajstić information content (AvgIpc) is 2.97. The molecule has 2 amide bonds. The highest BCUT2D eigenvalue weighted by Crippen LogP contribution is 2.25. The Balaban J connectivity index is 1.98. The van der Waals surface area contributed by atoms with E-state index in [4.69, 9.17) is 9.47 Å². The molecule has 24 heavy (non-hydrogen) atoms. The van der Waals surface area contributed by atoms with Crippen LogP contribution in [0.5, 0.6) is 5.75 Å². The lowest BCUT2D eigenvalue weighted by atomic mass is 10.2. The maximum Gasteiger partial charge on any atom is 0.411 e. The van der Waals surface area contributed by atoms with Gasteiger partial charge < -0.3 is 14.8 Å². The summed E-state index contributed by atoms with van der Waals surface area (Å²) in [4.78, 5) is 26.2. The summed E-state index contributed by atoms with van der Waals surface area (Å²) < 4.78 is 10.7. The first-order valence-electron chi connectivity index (χ1n) is 7.91. The highest BCUT2D eigenvalue weighted by atomic mass is 32.2. The largest absolute Gasteiger partial charge is 0.494 e. The van der Waals surface area contributed by atoms with Crippen LogP contribution in [-0.2, 0) is 9.53 Å². The van der Waals surface area contributed by atoms with Crippen LogP contribution in [0.15, 0.2) is 24.3 Å². The first-order chi connectivity index (χ1) is 11.3. The fraction of sp³-hybridized carbons (Fsp3) is 0.529. The average molecular weight is 352 g/mol. The second-order valence-electron chi connectivity index (χ2n) is 6.41. The molecule has 1 atom stereocenters. The van der Waals surface area contributed by atoms with Crippen molar-refractivity contribution >= 4 is 29.4 Å². The van der Waals surface area contributed by atoms with E-state index in [2.05, 4.69) is 5.32 Å². The van der Waals surface area contributed by atoms with Gasteiger partial charge in [-0.3, -0.25) is 9.69 Å². The summed E-state index contributed by atoms with van der Waals surface area (Å²) in [7, 11) is 0. The fourth-order valence-corrected chi connectivity index (χ4v) is 3.33. The molecule has 1 aliphatic rings. The molecule has 0 saturated carbocycles. The molecular formula is C17H24N2O4S. The minimum atomic E-state index is -0.583. The van der Waals surface area contributed by atoms with Crippen LogP contribution in [-0.4, -0.2) is 46.8 Å². The Bertz CT molecular complexity index is 583. The van der Waals surface area contributed by atoms with Crippen LogP contribution in [0, 0.1) is 0 Å². The number of carbonyl (C=O) groups excluding carboxylic acids is 2. The fourth-order valence-electron chi connectivity index (χ4n) is 2.19. The number of nitrogens with one attached hydrogen (secondary N) is 1. The van der Waals surface area contributed by atoms with Gasteiger partial charge in [-0.25, -0.2) is 4.79 Å². The zero-order chi connectivity index (χ0) is 17.7. The normalized spacial score (nSPS) is 17.5. The second kappa shape index (κ2) is 7.79. The van der Waals surface area contributed by atoms with E-state index in [1.165, 1.54) is 16.7 Å². The third-order valence-electron chi connectivity index (χ3n) is 3.25. The van der Waals surface area contributed by atoms with E-state index in [-0.39, 0.29) is 5.91 Å². The number of thioether (sulfide) groups is 1. The maximum absolute atomic E-state index is 12.5. The molecule has 132 valence electrons. The van der Waals surface area contributed by atoms with Gasteiger partial charge in [-0.2, -0.15) is 0 Å². The summed E-state index contributed by atoms with van der Waals surface area (Å²) in [6, 6.07) is 6.63. The molecule has 1 aliphatic heterocycles. The Hall–Kier alpha value is -1.89. The number of amides is 2. The number of rotatable bonds is 4. The molecule has 0 aliphatic carbocycles. The van der Waals surface area contributed by atoms with E-state index in [1.54, 1.807) is 24.3 Å². The molecule has 0 bridgehead atoms. The Labute approximate surface area is 146 Å². The molecule has 6 nitrogen and oxygen atoms in total. The van der Waals surface area contributed by atoms with Crippen molar-refractivity contribution in [2.75, 3.05) is 23.6 Å². The van der Waals surface area contributed by atoms with Crippen LogP contribution < -0.4 is 10.1 Å². The van der Waals surface area contributed by atoms with E-state index in [0.717, 1.165) is 5.75 Å². The first kappa shape index (κ1) is 18.4. The van der Waals surface area contributed by atoms with Crippen molar-refractivity contribution < 1.29 is 19.1 Å². The molecule has 1 fully saturated rings. The summed E-state index contributed by atoms with van der Waals surface area (Å²) in [5.74, 6) is 1.55. The smallest absolute Gasteiger partial charge is 0.411 e. The number of hydrogen-bond donors (Lipinski definition) is 1. The first-order valence-corrected chi connectivity index (χ1v) is 9.06. The second-order valence-corrected chi connectivity index (χ2v) is 7.41. The number of benzene rings is 1. The standard InChI is InChI=1S/C17H24N2O4S/c1-5-22-13-8-6-12(7-9-13)18-15(20)14-10-24-11-19(14)16(21)23-17(2,3)4/h6-9,14H,5,10-11H2,1-4H3,(H,18,20)/t14-/m1/s1. The van der Waals surface area contributed by atoms with Crippen LogP contribution in [0.3, 0.4) is 0 Å². The Morgan fingerprint density at radius 3 is 2.54 bits per heavy atom. The van der Waals surface area contributed by atoms with Crippen molar-refractivity contribution in [1.29, 1.82) is 0 Å². The van der Waals surface area contributed by atoms with Gasteiger partial charge in [-0.05, 0) is 52.0 Å². The molecule has 2 rings (SSSR count). The van der Waals surface area contributed by atoms with Gasteiger partial charge in [0.1, 0.15) is 17.4 Å². The van der Waals surface area contributed by atoms with Crippen molar-refractivity contribution in [3.05, 3.63) is 24.3 Å². The predicted molar refractivity (Wildman–Crippen MR) is 95.4 cm³/mol. The van der Waals surface area contributed by atoms with E-state index < -0.39 is 17.7 Å². The van der Waals surface area contributed by atoms with Gasteiger partial charge in [0, 0.05) is 11.4 Å². The van der Waals surface area contributed by atoms with Crippen LogP contribution in [0.4, 0.5) is 10.5 Å². The van der Waals surface area contributed by atoms with Crippen molar-refractivity contribution in [2.45, 2.75) is 39.3 Å². The SMILES string of the molecule is CCOc1ccc(NC(=O)[C@H]2CSCN2C(=O)OC(C)(C)C)cc1. The van der Waals surface area contributed by atoms with Crippen molar-refractivity contribution in [2.24, 2.45) is 0 Å². The molecule has 0 radical (unpaired) electrons. The minimum Gasteiger partial charge on any atom is -0.494 e. The van der Waals surface area contributed by atoms with Gasteiger partial charge in [-0.1, -0.05) is 0 Å². The van der Waals surface area contributed by atoms with Gasteiger partial charge in [0.25, 0.3) is 0 Å². The third kappa shape index (κ3) is 5.06. The quantitative estimate of drug-likeness (QED) is 0.900. The molecule has 7 heteroatoms. The molecule has 1 aromatic rings. The van der Waals surface area contributed by atoms with Gasteiger partial charge in [0.05, 0.1) is 12.5 Å². The number of anilines is 1. The topological polar surface area (TPSA) is 67.9 Å². The minimum absolute atomic E-state index is 0.213. The molecule has 1 heterocycles. The lowest BCUT2D eigenvalue weighted by Gasteiger charge is -2.27. The number of nitrogens with zero attached hydrogens (tertiary/aromatic N) is 1. The monoisotopic (exact) mass is 352 g/mol. The summed E-state index contributed by atoms with van der Waals surface area (Å²) in [5.41, 5.74) is 0.0880. The van der Waals surface area contributed by atoms with Crippen LogP contribution >= 0.6 is 11.8 Å². The summed E-state index contributed by atoms with van der Waals surface area (Å²) in [6.07, 6.45) is -0.459. The lowest BCUT2D eigenvalue weighted by Crippen LogP contribution is -2.46. The molecule has 1 aromatic carbocycles. The van der Waals surface area contributed by atoms with Gasteiger partial charge in [0.15, 0.2) is 0 Å². The summed E-state index contributed by atoms with van der Waals surface area (Å²) in [5, 5.41) is 2.84. The molecule has 0 aromatic heterocycles. The molecule has 0 unspecified atom stereocenters. The van der Waals surface area contributed by atoms with Crippen LogP contribution in [0.2, 0.25) is 0 Å². The van der Waals surface area contributed by atoms with E-state index in [9.17, 15) is 9.59 Å². The van der Waals surface area contributed by atoms with Crippen molar-refractivity contribution in [3.63, 3.8) is 0 Å². The zero-order valence-corrected chi connectivity index (χ0v) is 15.3. The highest BCUT2D eigenvalue weighted by molar-refractivity contribution is 7.99. The van der Waals surface area contributed by atoms with E-state index >= 15 is 0 Å².